The Morgan fingerprint density at radius 1 is 1.56 bits per heavy atom. The number of nitrogens with two attached hydrogens (primary N) is 1. The minimum atomic E-state index is -1.35. The molecule has 1 heterocycles. The summed E-state index contributed by atoms with van der Waals surface area (Å²) in [5, 5.41) is 13.0. The minimum absolute atomic E-state index is 0.213. The van der Waals surface area contributed by atoms with Crippen molar-refractivity contribution in [3.63, 3.8) is 0 Å². The van der Waals surface area contributed by atoms with Crippen LogP contribution in [0.2, 0.25) is 5.02 Å². The van der Waals surface area contributed by atoms with E-state index in [1.165, 1.54) is 0 Å². The molecule has 0 aliphatic heterocycles. The van der Waals surface area contributed by atoms with Crippen LogP contribution in [-0.2, 0) is 9.59 Å². The van der Waals surface area contributed by atoms with Crippen LogP contribution in [0.3, 0.4) is 0 Å². The lowest BCUT2D eigenvalue weighted by molar-refractivity contribution is -0.140. The van der Waals surface area contributed by atoms with E-state index in [4.69, 9.17) is 22.4 Å². The molecule has 0 saturated carbocycles. The average Bonchev–Trinajstić information content (AvgIpc) is 2.58. The molecule has 18 heavy (non-hydrogen) atoms. The topological polar surface area (TPSA) is 109 Å². The molecule has 98 valence electrons. The number of carbonyl (C=O) groups is 3. The first-order chi connectivity index (χ1) is 8.32. The van der Waals surface area contributed by atoms with Crippen molar-refractivity contribution in [3.05, 3.63) is 20.8 Å². The second kappa shape index (κ2) is 5.83. The van der Waals surface area contributed by atoms with Crippen LogP contribution in [0.1, 0.15) is 21.7 Å². The number of rotatable bonds is 5. The highest BCUT2D eigenvalue weighted by molar-refractivity contribution is 7.13. The Morgan fingerprint density at radius 3 is 2.56 bits per heavy atom. The number of primary amides is 1. The lowest BCUT2D eigenvalue weighted by Crippen LogP contribution is -2.43. The van der Waals surface area contributed by atoms with E-state index in [0.717, 1.165) is 16.9 Å². The van der Waals surface area contributed by atoms with Gasteiger partial charge < -0.3 is 16.2 Å². The molecule has 2 amide bonds. The maximum atomic E-state index is 11.8. The zero-order valence-electron chi connectivity index (χ0n) is 9.40. The van der Waals surface area contributed by atoms with Gasteiger partial charge in [0, 0.05) is 0 Å². The predicted octanol–water partition coefficient (Wildman–Crippen LogP) is 0.768. The summed E-state index contributed by atoms with van der Waals surface area (Å²) in [7, 11) is 0. The summed E-state index contributed by atoms with van der Waals surface area (Å²) in [6.07, 6.45) is -0.469. The Bertz CT molecular complexity index is 500. The second-order valence-corrected chi connectivity index (χ2v) is 4.85. The van der Waals surface area contributed by atoms with E-state index in [2.05, 4.69) is 5.32 Å². The Morgan fingerprint density at radius 2 is 2.17 bits per heavy atom. The number of nitrogens with one attached hydrogen (secondary N) is 1. The van der Waals surface area contributed by atoms with Crippen molar-refractivity contribution in [2.24, 2.45) is 5.73 Å². The third kappa shape index (κ3) is 3.44. The maximum absolute atomic E-state index is 11.8. The van der Waals surface area contributed by atoms with Gasteiger partial charge in [0.25, 0.3) is 5.91 Å². The summed E-state index contributed by atoms with van der Waals surface area (Å²) >= 11 is 6.99. The summed E-state index contributed by atoms with van der Waals surface area (Å²) in [5.41, 5.74) is 5.63. The first-order valence-electron chi connectivity index (χ1n) is 4.88. The number of carboxylic acid groups (broad SMARTS) is 1. The van der Waals surface area contributed by atoms with Gasteiger partial charge in [-0.05, 0) is 17.9 Å². The molecule has 0 saturated heterocycles. The normalized spacial score (nSPS) is 11.9. The van der Waals surface area contributed by atoms with Crippen molar-refractivity contribution in [3.8, 4) is 0 Å². The van der Waals surface area contributed by atoms with Gasteiger partial charge in [-0.15, -0.1) is 11.3 Å². The molecule has 1 rings (SSSR count). The summed E-state index contributed by atoms with van der Waals surface area (Å²) in [6.45, 7) is 1.73. The van der Waals surface area contributed by atoms with Crippen LogP contribution >= 0.6 is 22.9 Å². The van der Waals surface area contributed by atoms with E-state index >= 15 is 0 Å². The fourth-order valence-electron chi connectivity index (χ4n) is 1.21. The van der Waals surface area contributed by atoms with Crippen LogP contribution in [0.4, 0.5) is 0 Å². The fourth-order valence-corrected chi connectivity index (χ4v) is 2.39. The van der Waals surface area contributed by atoms with Gasteiger partial charge in [0.2, 0.25) is 5.91 Å². The maximum Gasteiger partial charge on any atom is 0.326 e. The zero-order valence-corrected chi connectivity index (χ0v) is 11.0. The fraction of sp³-hybridized carbons (Fsp3) is 0.300. The highest BCUT2D eigenvalue weighted by Crippen LogP contribution is 2.26. The molecule has 0 aliphatic rings. The van der Waals surface area contributed by atoms with Crippen LogP contribution in [0.25, 0.3) is 0 Å². The van der Waals surface area contributed by atoms with Crippen molar-refractivity contribution in [2.75, 3.05) is 0 Å². The number of amides is 2. The van der Waals surface area contributed by atoms with Gasteiger partial charge in [-0.2, -0.15) is 0 Å². The Balaban J connectivity index is 2.82. The van der Waals surface area contributed by atoms with Crippen molar-refractivity contribution < 1.29 is 19.5 Å². The molecule has 8 heteroatoms. The second-order valence-electron chi connectivity index (χ2n) is 3.60. The first kappa shape index (κ1) is 14.5. The lowest BCUT2D eigenvalue weighted by atomic mass is 10.2. The van der Waals surface area contributed by atoms with Gasteiger partial charge in [0.15, 0.2) is 0 Å². The molecule has 0 bridgehead atoms. The predicted molar refractivity (Wildman–Crippen MR) is 66.8 cm³/mol. The van der Waals surface area contributed by atoms with E-state index in [9.17, 15) is 14.4 Å². The molecule has 0 unspecified atom stereocenters. The smallest absolute Gasteiger partial charge is 0.326 e. The summed E-state index contributed by atoms with van der Waals surface area (Å²) in [5.74, 6) is -2.77. The van der Waals surface area contributed by atoms with E-state index in [-0.39, 0.29) is 9.90 Å². The number of halogens is 1. The molecule has 0 spiro atoms. The largest absolute Gasteiger partial charge is 0.480 e. The molecular weight excluding hydrogens is 280 g/mol. The quantitative estimate of drug-likeness (QED) is 0.744. The zero-order chi connectivity index (χ0) is 13.9. The van der Waals surface area contributed by atoms with Crippen molar-refractivity contribution in [2.45, 2.75) is 19.4 Å². The van der Waals surface area contributed by atoms with Gasteiger partial charge in [0.05, 0.1) is 11.4 Å². The van der Waals surface area contributed by atoms with Crippen molar-refractivity contribution in [1.29, 1.82) is 0 Å². The molecule has 0 fully saturated rings. The Labute approximate surface area is 112 Å². The molecule has 4 N–H and O–H groups in total. The third-order valence-corrected chi connectivity index (χ3v) is 3.81. The Kier molecular flexibility index (Phi) is 4.69. The number of carboxylic acids is 1. The van der Waals surface area contributed by atoms with Crippen LogP contribution in [0, 0.1) is 6.92 Å². The van der Waals surface area contributed by atoms with E-state index in [0.29, 0.717) is 0 Å². The summed E-state index contributed by atoms with van der Waals surface area (Å²) < 4.78 is 0. The van der Waals surface area contributed by atoms with E-state index in [1.54, 1.807) is 12.3 Å². The van der Waals surface area contributed by atoms with Gasteiger partial charge in [-0.3, -0.25) is 9.59 Å². The summed E-state index contributed by atoms with van der Waals surface area (Å²) in [6, 6.07) is -1.35. The number of aliphatic carboxylic acids is 1. The minimum Gasteiger partial charge on any atom is -0.480 e. The molecule has 1 atom stereocenters. The van der Waals surface area contributed by atoms with Crippen LogP contribution in [0.15, 0.2) is 5.38 Å². The van der Waals surface area contributed by atoms with E-state index in [1.807, 2.05) is 0 Å². The van der Waals surface area contributed by atoms with Crippen LogP contribution < -0.4 is 11.1 Å². The van der Waals surface area contributed by atoms with Crippen molar-refractivity contribution >= 4 is 40.7 Å². The monoisotopic (exact) mass is 290 g/mol. The molecule has 6 nitrogen and oxygen atoms in total. The standard InChI is InChI=1S/C10H11ClN2O4S/c1-4-3-18-8(7(4)11)9(15)13-5(10(16)17)2-6(12)14/h3,5H,2H2,1H3,(H2,12,14)(H,13,15)(H,16,17)/t5-/m0/s1. The molecule has 0 aliphatic carbocycles. The van der Waals surface area contributed by atoms with Gasteiger partial charge in [-0.1, -0.05) is 11.6 Å². The number of thiophene rings is 1. The highest BCUT2D eigenvalue weighted by Gasteiger charge is 2.24. The van der Waals surface area contributed by atoms with Gasteiger partial charge >= 0.3 is 5.97 Å². The number of hydrogen-bond acceptors (Lipinski definition) is 4. The molecule has 0 aromatic carbocycles. The first-order valence-corrected chi connectivity index (χ1v) is 6.14. The number of aryl methyl sites for hydroxylation is 1. The van der Waals surface area contributed by atoms with Crippen LogP contribution in [0.5, 0.6) is 0 Å². The van der Waals surface area contributed by atoms with Crippen molar-refractivity contribution in [1.82, 2.24) is 5.32 Å². The number of carbonyl (C=O) groups excluding carboxylic acids is 2. The lowest BCUT2D eigenvalue weighted by Gasteiger charge is -2.12. The molecule has 1 aromatic rings. The van der Waals surface area contributed by atoms with Crippen LogP contribution in [-0.4, -0.2) is 28.9 Å². The third-order valence-electron chi connectivity index (χ3n) is 2.11. The Hall–Kier alpha value is -1.60. The summed E-state index contributed by atoms with van der Waals surface area (Å²) in [4.78, 5) is 33.5. The molecular formula is C10H11ClN2O4S. The molecule has 0 radical (unpaired) electrons. The van der Waals surface area contributed by atoms with Gasteiger partial charge in [0.1, 0.15) is 10.9 Å². The van der Waals surface area contributed by atoms with Gasteiger partial charge in [-0.25, -0.2) is 4.79 Å². The molecule has 1 aromatic heterocycles. The SMILES string of the molecule is Cc1csc(C(=O)N[C@@H](CC(N)=O)C(=O)O)c1Cl. The van der Waals surface area contributed by atoms with E-state index < -0.39 is 30.2 Å². The number of hydrogen-bond donors (Lipinski definition) is 3. The highest BCUT2D eigenvalue weighted by atomic mass is 35.5. The average molecular weight is 291 g/mol.